The van der Waals surface area contributed by atoms with Crippen LogP contribution in [0.1, 0.15) is 94.1 Å². The number of benzene rings is 1. The average Bonchev–Trinajstić information content (AvgIpc) is 2.90. The van der Waals surface area contributed by atoms with Gasteiger partial charge < -0.3 is 29.4 Å². The molecule has 0 spiro atoms. The molecule has 0 aliphatic carbocycles. The predicted octanol–water partition coefficient (Wildman–Crippen LogP) is 7.30. The topological polar surface area (TPSA) is 113 Å². The summed E-state index contributed by atoms with van der Waals surface area (Å²) in [5.74, 6) is 0.128. The first kappa shape index (κ1) is 40.9. The van der Waals surface area contributed by atoms with Crippen LogP contribution in [-0.4, -0.2) is 73.4 Å². The van der Waals surface area contributed by atoms with Gasteiger partial charge in [-0.1, -0.05) is 33.8 Å². The molecule has 45 heavy (non-hydrogen) atoms. The van der Waals surface area contributed by atoms with Crippen LogP contribution in [0.3, 0.4) is 0 Å². The number of rotatable bonds is 19. The summed E-state index contributed by atoms with van der Waals surface area (Å²) < 4.78 is 29.0. The molecule has 0 heterocycles. The van der Waals surface area contributed by atoms with E-state index < -0.39 is 46.9 Å². The molecule has 0 aliphatic rings. The number of alkyl carbamates (subject to hydrolysis) is 1. The highest BCUT2D eigenvalue weighted by molar-refractivity contribution is 7.93. The molecule has 5 atom stereocenters. The number of aliphatic carboxylic acids is 1. The molecule has 1 rings (SSSR count). The molecule has 0 radical (unpaired) electrons. The van der Waals surface area contributed by atoms with E-state index in [0.717, 1.165) is 18.4 Å². The highest BCUT2D eigenvalue weighted by atomic mass is 32.2. The minimum atomic E-state index is -0.863. The molecule has 0 bridgehead atoms. The lowest BCUT2D eigenvalue weighted by Crippen LogP contribution is -2.50. The molecule has 1 aromatic carbocycles. The molecule has 1 amide bonds. The quantitative estimate of drug-likeness (QED) is 0.118. The van der Waals surface area contributed by atoms with E-state index in [1.54, 1.807) is 14.2 Å². The van der Waals surface area contributed by atoms with Gasteiger partial charge in [-0.2, -0.15) is 4.18 Å². The molecule has 1 unspecified atom stereocenters. The van der Waals surface area contributed by atoms with Crippen molar-refractivity contribution in [1.82, 2.24) is 5.32 Å². The summed E-state index contributed by atoms with van der Waals surface area (Å²) in [5, 5.41) is 13.3. The Bertz CT molecular complexity index is 1030. The molecule has 0 saturated heterocycles. The second-order valence-electron chi connectivity index (χ2n) is 14.5. The van der Waals surface area contributed by atoms with E-state index in [9.17, 15) is 14.7 Å². The lowest BCUT2D eigenvalue weighted by Gasteiger charge is -2.34. The third-order valence-electron chi connectivity index (χ3n) is 7.87. The Hall–Kier alpha value is -2.17. The van der Waals surface area contributed by atoms with Gasteiger partial charge >= 0.3 is 12.1 Å². The fourth-order valence-electron chi connectivity index (χ4n) is 4.84. The molecule has 2 N–H and O–H groups in total. The standard InChI is InChI=1S/C35H61NO8S/c1-23(2)26(19-25-15-16-29(41-12)31(20-25)42-18-14-17-40-11)21-28(36-33(39)43-34(5,6)7)30(44-45(13)35(8,9)10)22-27(24(3)4)32(37)38/h15-16,20,23-24,26-28,30H,14,17-19,21-22H2,1-13H3,(H-,36,37,38,39)/p+1/t26-,27-,28-,30-,45?/m0/s1. The number of hydrogen-bond donors (Lipinski definition) is 2. The SMILES string of the molecule is COCCCOc1cc(C[C@@H](C[C@H](NC(=O)OC(C)(C)C)[C@H](C[C@H](C(=O)O)C(C)C)O[S+](C)C(C)(C)C)C(C)C)ccc1OC. The zero-order valence-corrected chi connectivity index (χ0v) is 31.0. The van der Waals surface area contributed by atoms with Crippen molar-refractivity contribution < 1.29 is 37.8 Å². The summed E-state index contributed by atoms with van der Waals surface area (Å²) in [6.07, 6.45) is 3.29. The highest BCUT2D eigenvalue weighted by Crippen LogP contribution is 2.34. The van der Waals surface area contributed by atoms with Crippen molar-refractivity contribution in [3.63, 3.8) is 0 Å². The van der Waals surface area contributed by atoms with Gasteiger partial charge in [0.25, 0.3) is 0 Å². The number of carbonyl (C=O) groups is 2. The largest absolute Gasteiger partial charge is 0.493 e. The molecule has 9 nitrogen and oxygen atoms in total. The number of amides is 1. The Labute approximate surface area is 276 Å². The van der Waals surface area contributed by atoms with Gasteiger partial charge in [-0.25, -0.2) is 4.79 Å². The summed E-state index contributed by atoms with van der Waals surface area (Å²) in [4.78, 5) is 25.6. The summed E-state index contributed by atoms with van der Waals surface area (Å²) in [7, 11) is 3.30. The van der Waals surface area contributed by atoms with Crippen LogP contribution in [-0.2, 0) is 36.0 Å². The van der Waals surface area contributed by atoms with Crippen LogP contribution in [0.15, 0.2) is 18.2 Å². The number of hydrogen-bond acceptors (Lipinski definition) is 7. The Morgan fingerprint density at radius 1 is 0.933 bits per heavy atom. The van der Waals surface area contributed by atoms with Gasteiger partial charge in [0.1, 0.15) is 29.1 Å². The number of ether oxygens (including phenoxy) is 4. The van der Waals surface area contributed by atoms with Crippen molar-refractivity contribution in [1.29, 1.82) is 0 Å². The molecular weight excluding hydrogens is 594 g/mol. The second-order valence-corrected chi connectivity index (χ2v) is 16.8. The maximum absolute atomic E-state index is 13.2. The molecule has 10 heteroatoms. The van der Waals surface area contributed by atoms with Gasteiger partial charge in [-0.3, -0.25) is 4.79 Å². The normalized spacial score (nSPS) is 15.7. The van der Waals surface area contributed by atoms with Crippen LogP contribution >= 0.6 is 0 Å². The Balaban J connectivity index is 3.51. The van der Waals surface area contributed by atoms with Crippen LogP contribution in [0, 0.1) is 23.7 Å². The van der Waals surface area contributed by atoms with Gasteiger partial charge in [-0.05, 0) is 96.3 Å². The lowest BCUT2D eigenvalue weighted by molar-refractivity contribution is -0.144. The fourth-order valence-corrected chi connectivity index (χ4v) is 5.71. The van der Waals surface area contributed by atoms with E-state index in [4.69, 9.17) is 23.1 Å². The predicted molar refractivity (Wildman–Crippen MR) is 183 cm³/mol. The summed E-state index contributed by atoms with van der Waals surface area (Å²) >= 11 is -0.515. The van der Waals surface area contributed by atoms with Crippen molar-refractivity contribution in [2.45, 2.75) is 117 Å². The first-order chi connectivity index (χ1) is 20.8. The van der Waals surface area contributed by atoms with Gasteiger partial charge in [0.2, 0.25) is 0 Å². The summed E-state index contributed by atoms with van der Waals surface area (Å²) in [6.45, 7) is 21.1. The van der Waals surface area contributed by atoms with Gasteiger partial charge in [0, 0.05) is 20.1 Å². The molecule has 260 valence electrons. The first-order valence-electron chi connectivity index (χ1n) is 16.1. The first-order valence-corrected chi connectivity index (χ1v) is 17.7. The Morgan fingerprint density at radius 2 is 1.58 bits per heavy atom. The van der Waals surface area contributed by atoms with Gasteiger partial charge in [0.15, 0.2) is 16.2 Å². The molecule has 1 aromatic rings. The third-order valence-corrected chi connectivity index (χ3v) is 10.1. The molecule has 0 fully saturated rings. The second kappa shape index (κ2) is 18.8. The van der Waals surface area contributed by atoms with Gasteiger partial charge in [0.05, 0.1) is 25.7 Å². The monoisotopic (exact) mass is 656 g/mol. The van der Waals surface area contributed by atoms with E-state index in [0.29, 0.717) is 31.1 Å². The molecule has 0 aliphatic heterocycles. The number of carboxylic acid groups (broad SMARTS) is 1. The molecular formula is C35H62NO8S+. The number of methoxy groups -OCH3 is 2. The minimum absolute atomic E-state index is 0.105. The fraction of sp³-hybridized carbons (Fsp3) is 0.771. The number of carbonyl (C=O) groups excluding carboxylic acids is 1. The Morgan fingerprint density at radius 3 is 2.07 bits per heavy atom. The lowest BCUT2D eigenvalue weighted by atomic mass is 9.80. The molecule has 0 saturated carbocycles. The summed E-state index contributed by atoms with van der Waals surface area (Å²) in [5.41, 5.74) is 0.396. The minimum Gasteiger partial charge on any atom is -0.493 e. The van der Waals surface area contributed by atoms with Crippen molar-refractivity contribution in [2.75, 3.05) is 33.7 Å². The smallest absolute Gasteiger partial charge is 0.407 e. The maximum Gasteiger partial charge on any atom is 0.407 e. The average molecular weight is 657 g/mol. The summed E-state index contributed by atoms with van der Waals surface area (Å²) in [6, 6.07) is 5.51. The zero-order chi connectivity index (χ0) is 34.5. The van der Waals surface area contributed by atoms with Crippen molar-refractivity contribution in [2.24, 2.45) is 23.7 Å². The number of carboxylic acids is 1. The van der Waals surface area contributed by atoms with Gasteiger partial charge in [-0.15, -0.1) is 0 Å². The number of nitrogens with one attached hydrogen (secondary N) is 1. The van der Waals surface area contributed by atoms with Crippen LogP contribution in [0.4, 0.5) is 4.79 Å². The van der Waals surface area contributed by atoms with E-state index in [-0.39, 0.29) is 28.9 Å². The van der Waals surface area contributed by atoms with E-state index in [1.165, 1.54) is 0 Å². The van der Waals surface area contributed by atoms with Crippen LogP contribution in [0.2, 0.25) is 0 Å². The van der Waals surface area contributed by atoms with Crippen molar-refractivity contribution >= 4 is 23.2 Å². The molecule has 0 aromatic heterocycles. The maximum atomic E-state index is 13.2. The van der Waals surface area contributed by atoms with E-state index in [1.807, 2.05) is 59.1 Å². The van der Waals surface area contributed by atoms with E-state index >= 15 is 0 Å². The zero-order valence-electron chi connectivity index (χ0n) is 30.2. The Kier molecular flexibility index (Phi) is 17.1. The highest BCUT2D eigenvalue weighted by Gasteiger charge is 2.42. The van der Waals surface area contributed by atoms with Crippen LogP contribution < -0.4 is 14.8 Å². The van der Waals surface area contributed by atoms with Crippen LogP contribution in [0.5, 0.6) is 11.5 Å². The van der Waals surface area contributed by atoms with E-state index in [2.05, 4.69) is 39.9 Å². The van der Waals surface area contributed by atoms with Crippen molar-refractivity contribution in [3.05, 3.63) is 23.8 Å². The third kappa shape index (κ3) is 15.3. The van der Waals surface area contributed by atoms with Crippen LogP contribution in [0.25, 0.3) is 0 Å². The van der Waals surface area contributed by atoms with Crippen molar-refractivity contribution in [3.8, 4) is 11.5 Å².